The van der Waals surface area contributed by atoms with Crippen molar-refractivity contribution in [3.8, 4) is 5.75 Å². The van der Waals surface area contributed by atoms with Crippen molar-refractivity contribution in [2.75, 3.05) is 24.7 Å². The number of para-hydroxylation sites is 2. The minimum absolute atomic E-state index is 0.0105. The van der Waals surface area contributed by atoms with Gasteiger partial charge in [-0.1, -0.05) is 31.2 Å². The fourth-order valence-electron chi connectivity index (χ4n) is 3.22. The Morgan fingerprint density at radius 2 is 2.00 bits per heavy atom. The van der Waals surface area contributed by atoms with E-state index >= 15 is 0 Å². The molecule has 2 heterocycles. The molecular formula is C24H22N2O7S. The van der Waals surface area contributed by atoms with E-state index in [1.807, 2.05) is 6.92 Å². The molecule has 2 aliphatic heterocycles. The van der Waals surface area contributed by atoms with Crippen LogP contribution in [0.1, 0.15) is 29.3 Å². The molecule has 176 valence electrons. The third-order valence-electron chi connectivity index (χ3n) is 4.89. The van der Waals surface area contributed by atoms with Gasteiger partial charge in [-0.15, -0.1) is 0 Å². The van der Waals surface area contributed by atoms with E-state index in [0.717, 1.165) is 6.42 Å². The van der Waals surface area contributed by atoms with Gasteiger partial charge in [-0.2, -0.15) is 0 Å². The molecule has 0 radical (unpaired) electrons. The molecule has 2 saturated heterocycles. The number of phenolic OH excluding ortho intramolecular Hbond substituents is 1. The summed E-state index contributed by atoms with van der Waals surface area (Å²) in [6, 6.07) is 13.2. The number of cyclic esters (lactones) is 2. The van der Waals surface area contributed by atoms with Crippen LogP contribution in [-0.4, -0.2) is 54.2 Å². The summed E-state index contributed by atoms with van der Waals surface area (Å²) in [5.74, 6) is -0.866. The summed E-state index contributed by atoms with van der Waals surface area (Å²) in [5, 5.41) is 10.8. The summed E-state index contributed by atoms with van der Waals surface area (Å²) < 4.78 is 14.6. The monoisotopic (exact) mass is 482 g/mol. The lowest BCUT2D eigenvalue weighted by molar-refractivity contribution is -0.113. The summed E-state index contributed by atoms with van der Waals surface area (Å²) in [5.41, 5.74) is 1.40. The molecule has 1 unspecified atom stereocenters. The van der Waals surface area contributed by atoms with Gasteiger partial charge < -0.3 is 19.3 Å². The van der Waals surface area contributed by atoms with Crippen molar-refractivity contribution < 1.29 is 33.7 Å². The van der Waals surface area contributed by atoms with Crippen LogP contribution >= 0.6 is 11.8 Å². The molecule has 10 heteroatoms. The number of amides is 1. The first-order chi connectivity index (χ1) is 16.5. The number of anilines is 1. The highest BCUT2D eigenvalue weighted by molar-refractivity contribution is 8.19. The normalized spacial score (nSPS) is 20.0. The van der Waals surface area contributed by atoms with Crippen molar-refractivity contribution in [1.82, 2.24) is 0 Å². The number of nitrogens with zero attached hydrogens (tertiary/aromatic N) is 2. The Morgan fingerprint density at radius 3 is 2.68 bits per heavy atom. The SMILES string of the molecule is CCCN=C1S/C(=C\c2ccc(C(=O)OCC3COC(=O)O3)cc2)C(=O)N1c1ccccc1O. The summed E-state index contributed by atoms with van der Waals surface area (Å²) in [6.45, 7) is 2.50. The van der Waals surface area contributed by atoms with Crippen LogP contribution in [0.5, 0.6) is 5.75 Å². The van der Waals surface area contributed by atoms with Crippen LogP contribution < -0.4 is 4.90 Å². The Hall–Kier alpha value is -3.79. The van der Waals surface area contributed by atoms with Crippen LogP contribution in [0, 0.1) is 0 Å². The first-order valence-electron chi connectivity index (χ1n) is 10.6. The number of benzene rings is 2. The highest BCUT2D eigenvalue weighted by Crippen LogP contribution is 2.39. The average Bonchev–Trinajstić information content (AvgIpc) is 3.39. The molecule has 4 rings (SSSR count). The predicted octanol–water partition coefficient (Wildman–Crippen LogP) is 3.97. The quantitative estimate of drug-likeness (QED) is 0.466. The highest BCUT2D eigenvalue weighted by Gasteiger charge is 2.35. The van der Waals surface area contributed by atoms with Crippen LogP contribution in [0.15, 0.2) is 58.4 Å². The van der Waals surface area contributed by atoms with Gasteiger partial charge in [0.05, 0.1) is 16.2 Å². The van der Waals surface area contributed by atoms with Gasteiger partial charge in [0.2, 0.25) is 0 Å². The molecule has 34 heavy (non-hydrogen) atoms. The van der Waals surface area contributed by atoms with Crippen molar-refractivity contribution in [2.24, 2.45) is 4.99 Å². The molecule has 1 N–H and O–H groups in total. The van der Waals surface area contributed by atoms with Crippen LogP contribution in [0.2, 0.25) is 0 Å². The summed E-state index contributed by atoms with van der Waals surface area (Å²) in [4.78, 5) is 42.7. The molecule has 0 saturated carbocycles. The molecule has 9 nitrogen and oxygen atoms in total. The lowest BCUT2D eigenvalue weighted by Crippen LogP contribution is -2.29. The maximum absolute atomic E-state index is 13.2. The van der Waals surface area contributed by atoms with E-state index < -0.39 is 18.2 Å². The maximum Gasteiger partial charge on any atom is 0.508 e. The number of aliphatic imine (C=N–C) groups is 1. The van der Waals surface area contributed by atoms with E-state index in [2.05, 4.69) is 9.73 Å². The Kier molecular flexibility index (Phi) is 7.17. The van der Waals surface area contributed by atoms with E-state index in [-0.39, 0.29) is 24.9 Å². The molecule has 0 aromatic heterocycles. The van der Waals surface area contributed by atoms with Gasteiger partial charge >= 0.3 is 12.1 Å². The van der Waals surface area contributed by atoms with Crippen LogP contribution in [0.4, 0.5) is 10.5 Å². The molecule has 2 aromatic rings. The second kappa shape index (κ2) is 10.4. The van der Waals surface area contributed by atoms with Crippen LogP contribution in [-0.2, 0) is 19.0 Å². The van der Waals surface area contributed by atoms with Gasteiger partial charge in [0, 0.05) is 6.54 Å². The van der Waals surface area contributed by atoms with Gasteiger partial charge in [-0.05, 0) is 54.1 Å². The largest absolute Gasteiger partial charge is 0.508 e. The third-order valence-corrected chi connectivity index (χ3v) is 5.90. The standard InChI is InChI=1S/C24H22N2O7S/c1-2-11-25-23-26(18-5-3-4-6-19(18)27)21(28)20(34-23)12-15-7-9-16(10-8-15)22(29)31-13-17-14-32-24(30)33-17/h3-10,12,17,27H,2,11,13-14H2,1H3/b20-12-,25-23?. The zero-order valence-electron chi connectivity index (χ0n) is 18.3. The number of esters is 1. The first kappa shape index (κ1) is 23.4. The van der Waals surface area contributed by atoms with Crippen molar-refractivity contribution in [1.29, 1.82) is 0 Å². The fourth-order valence-corrected chi connectivity index (χ4v) is 4.22. The number of carbonyl (C=O) groups excluding carboxylic acids is 3. The maximum atomic E-state index is 13.2. The molecule has 1 atom stereocenters. The second-order valence-corrected chi connectivity index (χ2v) is 8.43. The summed E-state index contributed by atoms with van der Waals surface area (Å²) in [6.07, 6.45) is 1.14. The first-order valence-corrected chi connectivity index (χ1v) is 11.4. The Bertz CT molecular complexity index is 1160. The molecule has 2 aliphatic rings. The van der Waals surface area contributed by atoms with E-state index in [4.69, 9.17) is 9.47 Å². The molecule has 2 fully saturated rings. The third kappa shape index (κ3) is 5.23. The zero-order valence-corrected chi connectivity index (χ0v) is 19.1. The van der Waals surface area contributed by atoms with Crippen LogP contribution in [0.25, 0.3) is 6.08 Å². The van der Waals surface area contributed by atoms with Gasteiger partial charge in [-0.25, -0.2) is 9.59 Å². The fraction of sp³-hybridized carbons (Fsp3) is 0.250. The Morgan fingerprint density at radius 1 is 1.24 bits per heavy atom. The number of amidine groups is 1. The van der Waals surface area contributed by atoms with Crippen LogP contribution in [0.3, 0.4) is 0 Å². The lowest BCUT2D eigenvalue weighted by atomic mass is 10.1. The van der Waals surface area contributed by atoms with Gasteiger partial charge in [0.1, 0.15) is 19.0 Å². The zero-order chi connectivity index (χ0) is 24.1. The molecule has 2 aromatic carbocycles. The Labute approximate surface area is 200 Å². The molecule has 0 bridgehead atoms. The van der Waals surface area contributed by atoms with E-state index in [1.165, 1.54) is 22.7 Å². The van der Waals surface area contributed by atoms with Crippen molar-refractivity contribution in [2.45, 2.75) is 19.4 Å². The number of hydrogen-bond donors (Lipinski definition) is 1. The number of rotatable bonds is 7. The lowest BCUT2D eigenvalue weighted by Gasteiger charge is -2.16. The van der Waals surface area contributed by atoms with Gasteiger partial charge in [0.15, 0.2) is 11.3 Å². The van der Waals surface area contributed by atoms with Crippen molar-refractivity contribution in [3.63, 3.8) is 0 Å². The minimum Gasteiger partial charge on any atom is -0.506 e. The smallest absolute Gasteiger partial charge is 0.506 e. The number of aromatic hydroxyl groups is 1. The molecular weight excluding hydrogens is 460 g/mol. The average molecular weight is 483 g/mol. The number of thioether (sulfide) groups is 1. The summed E-state index contributed by atoms with van der Waals surface area (Å²) >= 11 is 1.23. The second-order valence-electron chi connectivity index (χ2n) is 7.43. The molecule has 1 amide bonds. The Balaban J connectivity index is 1.48. The van der Waals surface area contributed by atoms with E-state index in [9.17, 15) is 19.5 Å². The number of carbonyl (C=O) groups is 3. The molecule has 0 spiro atoms. The van der Waals surface area contributed by atoms with Crippen molar-refractivity contribution >= 4 is 46.7 Å². The highest BCUT2D eigenvalue weighted by atomic mass is 32.2. The predicted molar refractivity (Wildman–Crippen MR) is 127 cm³/mol. The van der Waals surface area contributed by atoms with Gasteiger partial charge in [0.25, 0.3) is 5.91 Å². The number of phenols is 1. The number of hydrogen-bond acceptors (Lipinski definition) is 9. The summed E-state index contributed by atoms with van der Waals surface area (Å²) in [7, 11) is 0. The molecule has 0 aliphatic carbocycles. The van der Waals surface area contributed by atoms with E-state index in [0.29, 0.717) is 33.4 Å². The van der Waals surface area contributed by atoms with Gasteiger partial charge in [-0.3, -0.25) is 14.7 Å². The van der Waals surface area contributed by atoms with Crippen molar-refractivity contribution in [3.05, 3.63) is 64.6 Å². The van der Waals surface area contributed by atoms with E-state index in [1.54, 1.807) is 48.5 Å². The minimum atomic E-state index is -0.776. The topological polar surface area (TPSA) is 115 Å². The number of ether oxygens (including phenoxy) is 3.